The van der Waals surface area contributed by atoms with E-state index in [0.717, 1.165) is 28.2 Å². The van der Waals surface area contributed by atoms with Crippen molar-refractivity contribution in [3.63, 3.8) is 0 Å². The van der Waals surface area contributed by atoms with Gasteiger partial charge in [0.1, 0.15) is 34.6 Å². The average Bonchev–Trinajstić information content (AvgIpc) is 2.65. The van der Waals surface area contributed by atoms with Gasteiger partial charge in [-0.05, 0) is 75.8 Å². The highest BCUT2D eigenvalue weighted by Crippen LogP contribution is 2.45. The van der Waals surface area contributed by atoms with Gasteiger partial charge in [0.25, 0.3) is 0 Å². The number of fused-ring (bicyclic) bond motifs is 4. The number of hydrogen-bond donors (Lipinski definition) is 0. The minimum absolute atomic E-state index is 0.0860. The second-order valence-electron chi connectivity index (χ2n) is 8.96. The van der Waals surface area contributed by atoms with Gasteiger partial charge >= 0.3 is 0 Å². The Morgan fingerprint density at radius 2 is 1.59 bits per heavy atom. The lowest BCUT2D eigenvalue weighted by molar-refractivity contribution is 0.0846. The van der Waals surface area contributed by atoms with Gasteiger partial charge < -0.3 is 14.2 Å². The van der Waals surface area contributed by atoms with E-state index in [1.54, 1.807) is 0 Å². The van der Waals surface area contributed by atoms with Gasteiger partial charge in [0.05, 0.1) is 17.5 Å². The molecule has 0 radical (unpaired) electrons. The molecule has 5 rings (SSSR count). The van der Waals surface area contributed by atoms with Crippen LogP contribution < -0.4 is 14.2 Å². The van der Waals surface area contributed by atoms with Gasteiger partial charge in [-0.25, -0.2) is 0 Å². The number of carbonyl (C=O) groups excluding carboxylic acids is 1. The first-order valence-electron chi connectivity index (χ1n) is 9.98. The zero-order valence-corrected chi connectivity index (χ0v) is 17.1. The molecule has 1 atom stereocenters. The summed E-state index contributed by atoms with van der Waals surface area (Å²) in [7, 11) is 0. The van der Waals surface area contributed by atoms with E-state index in [0.29, 0.717) is 17.7 Å². The monoisotopic (exact) mass is 388 g/mol. The smallest absolute Gasteiger partial charge is 0.170 e. The number of benzene rings is 2. The van der Waals surface area contributed by atoms with Crippen LogP contribution in [-0.2, 0) is 0 Å². The summed E-state index contributed by atoms with van der Waals surface area (Å²) >= 11 is 0. The summed E-state index contributed by atoms with van der Waals surface area (Å²) in [6, 6.07) is 9.68. The number of ether oxygens (including phenoxy) is 3. The molecule has 4 nitrogen and oxygen atoms in total. The van der Waals surface area contributed by atoms with Crippen LogP contribution in [0.2, 0.25) is 0 Å². The molecule has 0 N–H and O–H groups in total. The van der Waals surface area contributed by atoms with Crippen molar-refractivity contribution in [3.8, 4) is 17.2 Å². The summed E-state index contributed by atoms with van der Waals surface area (Å²) in [5.41, 5.74) is 2.73. The molecule has 2 aromatic rings. The van der Waals surface area contributed by atoms with Crippen molar-refractivity contribution < 1.29 is 19.0 Å². The minimum atomic E-state index is -0.377. The van der Waals surface area contributed by atoms with Gasteiger partial charge in [0.15, 0.2) is 5.78 Å². The first kappa shape index (κ1) is 18.0. The molecule has 0 saturated carbocycles. The first-order chi connectivity index (χ1) is 13.7. The van der Waals surface area contributed by atoms with Crippen molar-refractivity contribution in [2.24, 2.45) is 0 Å². The van der Waals surface area contributed by atoms with E-state index < -0.39 is 0 Å². The lowest BCUT2D eigenvalue weighted by atomic mass is 9.91. The normalized spacial score (nSPS) is 22.5. The van der Waals surface area contributed by atoms with Crippen molar-refractivity contribution in [1.82, 2.24) is 0 Å². The number of rotatable bonds is 1. The largest absolute Gasteiger partial charge is 0.484 e. The molecular formula is C25H24O4. The summed E-state index contributed by atoms with van der Waals surface area (Å²) in [6.07, 6.45) is 8.09. The Hall–Kier alpha value is -3.01. The molecule has 0 saturated heterocycles. The fourth-order valence-corrected chi connectivity index (χ4v) is 4.02. The fraction of sp³-hybridized carbons (Fsp3) is 0.320. The van der Waals surface area contributed by atoms with E-state index in [9.17, 15) is 4.79 Å². The fourth-order valence-electron chi connectivity index (χ4n) is 4.02. The molecule has 0 unspecified atom stereocenters. The van der Waals surface area contributed by atoms with Gasteiger partial charge in [-0.1, -0.05) is 12.1 Å². The van der Waals surface area contributed by atoms with Crippen LogP contribution in [0, 0.1) is 0 Å². The molecule has 0 aromatic heterocycles. The van der Waals surface area contributed by atoms with E-state index in [2.05, 4.69) is 12.1 Å². The zero-order chi connectivity index (χ0) is 20.4. The molecule has 29 heavy (non-hydrogen) atoms. The van der Waals surface area contributed by atoms with Gasteiger partial charge in [-0.2, -0.15) is 0 Å². The summed E-state index contributed by atoms with van der Waals surface area (Å²) in [6.45, 7) is 8.07. The van der Waals surface area contributed by atoms with Crippen LogP contribution in [0.3, 0.4) is 0 Å². The summed E-state index contributed by atoms with van der Waals surface area (Å²) in [5, 5.41) is 0. The van der Waals surface area contributed by atoms with Crippen LogP contribution in [-0.4, -0.2) is 17.0 Å². The van der Waals surface area contributed by atoms with Crippen LogP contribution in [0.25, 0.3) is 12.2 Å². The quantitative estimate of drug-likeness (QED) is 0.623. The number of Topliss-reactive ketones (excluding diaryl/α,β-unsaturated/α-hetero) is 1. The van der Waals surface area contributed by atoms with Gasteiger partial charge in [0.2, 0.25) is 0 Å². The third kappa shape index (κ3) is 3.13. The standard InChI is InChI=1S/C25H24O4/c1-24(2)11-9-16-13-15(5-7-20(16)28-24)22-14-19(26)17-6-8-21-18(23(17)27-22)10-12-25(3,4)29-21/h5-13,22H,14H2,1-4H3/t22-/m1/s1. The van der Waals surface area contributed by atoms with Crippen LogP contribution in [0.5, 0.6) is 17.2 Å². The Balaban J connectivity index is 1.51. The maximum atomic E-state index is 12.9. The van der Waals surface area contributed by atoms with Gasteiger partial charge in [0, 0.05) is 5.56 Å². The molecule has 3 aliphatic heterocycles. The second-order valence-corrected chi connectivity index (χ2v) is 8.96. The molecule has 4 heteroatoms. The van der Waals surface area contributed by atoms with Crippen LogP contribution in [0.15, 0.2) is 42.5 Å². The van der Waals surface area contributed by atoms with Crippen molar-refractivity contribution in [3.05, 3.63) is 64.7 Å². The van der Waals surface area contributed by atoms with E-state index in [4.69, 9.17) is 14.2 Å². The lowest BCUT2D eigenvalue weighted by Crippen LogP contribution is -2.29. The van der Waals surface area contributed by atoms with E-state index >= 15 is 0 Å². The topological polar surface area (TPSA) is 44.8 Å². The van der Waals surface area contributed by atoms with Crippen LogP contribution >= 0.6 is 0 Å². The highest BCUT2D eigenvalue weighted by Gasteiger charge is 2.33. The second kappa shape index (κ2) is 5.99. The molecule has 3 heterocycles. The molecule has 0 bridgehead atoms. The highest BCUT2D eigenvalue weighted by atomic mass is 16.5. The molecular weight excluding hydrogens is 364 g/mol. The third-order valence-electron chi connectivity index (χ3n) is 5.55. The predicted octanol–water partition coefficient (Wildman–Crippen LogP) is 5.76. The molecule has 0 fully saturated rings. The van der Waals surface area contributed by atoms with Crippen molar-refractivity contribution in [2.45, 2.75) is 51.4 Å². The van der Waals surface area contributed by atoms with Crippen LogP contribution in [0.1, 0.15) is 67.3 Å². The molecule has 3 aliphatic rings. The number of carbonyl (C=O) groups is 1. The summed E-state index contributed by atoms with van der Waals surface area (Å²) in [4.78, 5) is 12.9. The molecule has 2 aromatic carbocycles. The Bertz CT molecular complexity index is 1090. The Morgan fingerprint density at radius 3 is 2.38 bits per heavy atom. The molecule has 0 aliphatic carbocycles. The maximum absolute atomic E-state index is 12.9. The Kier molecular flexibility index (Phi) is 3.73. The molecule has 0 spiro atoms. The van der Waals surface area contributed by atoms with Crippen molar-refractivity contribution in [2.75, 3.05) is 0 Å². The predicted molar refractivity (Wildman–Crippen MR) is 113 cm³/mol. The Morgan fingerprint density at radius 1 is 0.897 bits per heavy atom. The number of hydrogen-bond acceptors (Lipinski definition) is 4. The van der Waals surface area contributed by atoms with Crippen molar-refractivity contribution >= 4 is 17.9 Å². The van der Waals surface area contributed by atoms with E-state index in [1.807, 2.05) is 70.2 Å². The highest BCUT2D eigenvalue weighted by molar-refractivity contribution is 6.01. The van der Waals surface area contributed by atoms with Gasteiger partial charge in [-0.15, -0.1) is 0 Å². The van der Waals surface area contributed by atoms with E-state index in [1.165, 1.54) is 0 Å². The zero-order valence-electron chi connectivity index (χ0n) is 17.1. The lowest BCUT2D eigenvalue weighted by Gasteiger charge is -2.33. The third-order valence-corrected chi connectivity index (χ3v) is 5.55. The Labute approximate surface area is 170 Å². The SMILES string of the molecule is CC1(C)C=Cc2cc([C@H]3CC(=O)c4ccc5c(c4O3)C=CC(C)(C)O5)ccc2O1. The number of ketones is 1. The molecule has 148 valence electrons. The average molecular weight is 388 g/mol. The summed E-state index contributed by atoms with van der Waals surface area (Å²) < 4.78 is 18.4. The minimum Gasteiger partial charge on any atom is -0.484 e. The van der Waals surface area contributed by atoms with Crippen LogP contribution in [0.4, 0.5) is 0 Å². The first-order valence-corrected chi connectivity index (χ1v) is 9.98. The van der Waals surface area contributed by atoms with E-state index in [-0.39, 0.29) is 23.1 Å². The molecule has 0 amide bonds. The van der Waals surface area contributed by atoms with Gasteiger partial charge in [-0.3, -0.25) is 4.79 Å². The summed E-state index contributed by atoms with van der Waals surface area (Å²) in [5.74, 6) is 2.29. The maximum Gasteiger partial charge on any atom is 0.170 e. The van der Waals surface area contributed by atoms with Crippen molar-refractivity contribution in [1.29, 1.82) is 0 Å².